The van der Waals surface area contributed by atoms with Crippen LogP contribution in [0.1, 0.15) is 29.6 Å². The molecule has 1 fully saturated rings. The Hall–Kier alpha value is -2.14. The van der Waals surface area contributed by atoms with E-state index in [1.807, 2.05) is 30.0 Å². The van der Waals surface area contributed by atoms with Gasteiger partial charge in [-0.2, -0.15) is 0 Å². The molecule has 23 heavy (non-hydrogen) atoms. The number of likely N-dealkylation sites (tertiary alicyclic amines) is 1. The van der Waals surface area contributed by atoms with Gasteiger partial charge in [-0.1, -0.05) is 6.08 Å². The van der Waals surface area contributed by atoms with E-state index in [9.17, 15) is 9.59 Å². The maximum Gasteiger partial charge on any atom is 0.253 e. The summed E-state index contributed by atoms with van der Waals surface area (Å²) in [6.45, 7) is 2.40. The normalized spacial score (nSPS) is 15.2. The number of anilines is 1. The first-order valence-corrected chi connectivity index (χ1v) is 8.08. The van der Waals surface area contributed by atoms with Crippen molar-refractivity contribution in [2.45, 2.75) is 19.3 Å². The Labute approximate surface area is 138 Å². The molecule has 124 valence electrons. The highest BCUT2D eigenvalue weighted by molar-refractivity contribution is 6.00. The Balaban J connectivity index is 1.90. The fourth-order valence-corrected chi connectivity index (χ4v) is 2.53. The van der Waals surface area contributed by atoms with Gasteiger partial charge in [-0.3, -0.25) is 9.59 Å². The highest BCUT2D eigenvalue weighted by atomic mass is 16.2. The van der Waals surface area contributed by atoms with Gasteiger partial charge in [0, 0.05) is 37.0 Å². The van der Waals surface area contributed by atoms with Crippen molar-refractivity contribution in [3.63, 3.8) is 0 Å². The quantitative estimate of drug-likeness (QED) is 0.849. The highest BCUT2D eigenvalue weighted by Gasteiger charge is 2.17. The molecule has 0 unspecified atom stereocenters. The summed E-state index contributed by atoms with van der Waals surface area (Å²) in [5, 5.41) is 2.79. The molecule has 2 rings (SSSR count). The number of rotatable bonds is 5. The molecule has 5 nitrogen and oxygen atoms in total. The molecule has 0 bridgehead atoms. The van der Waals surface area contributed by atoms with E-state index in [1.165, 1.54) is 12.5 Å². The summed E-state index contributed by atoms with van der Waals surface area (Å²) in [6.07, 6.45) is 6.70. The number of carbonyl (C=O) groups is 2. The number of nitrogens with zero attached hydrogens (tertiary/aromatic N) is 2. The number of piperidine rings is 1. The second-order valence-electron chi connectivity index (χ2n) is 6.08. The lowest BCUT2D eigenvalue weighted by Gasteiger charge is -2.26. The fourth-order valence-electron chi connectivity index (χ4n) is 2.53. The van der Waals surface area contributed by atoms with Crippen LogP contribution in [0.15, 0.2) is 36.4 Å². The summed E-state index contributed by atoms with van der Waals surface area (Å²) in [7, 11) is 3.89. The minimum Gasteiger partial charge on any atom is -0.339 e. The molecule has 1 heterocycles. The van der Waals surface area contributed by atoms with E-state index in [0.717, 1.165) is 32.5 Å². The predicted octanol–water partition coefficient (Wildman–Crippen LogP) is 2.37. The van der Waals surface area contributed by atoms with Crippen molar-refractivity contribution >= 4 is 17.5 Å². The Kier molecular flexibility index (Phi) is 6.35. The summed E-state index contributed by atoms with van der Waals surface area (Å²) < 4.78 is 0. The molecule has 0 spiro atoms. The van der Waals surface area contributed by atoms with Crippen LogP contribution in [0.5, 0.6) is 0 Å². The molecule has 1 aromatic carbocycles. The zero-order chi connectivity index (χ0) is 16.7. The predicted molar refractivity (Wildman–Crippen MR) is 92.5 cm³/mol. The molecule has 1 saturated heterocycles. The lowest BCUT2D eigenvalue weighted by molar-refractivity contribution is -0.111. The molecular weight excluding hydrogens is 290 g/mol. The molecule has 1 aliphatic heterocycles. The number of hydrogen-bond donors (Lipinski definition) is 1. The highest BCUT2D eigenvalue weighted by Crippen LogP contribution is 2.15. The van der Waals surface area contributed by atoms with Gasteiger partial charge < -0.3 is 15.1 Å². The molecule has 0 saturated carbocycles. The Morgan fingerprint density at radius 2 is 1.78 bits per heavy atom. The summed E-state index contributed by atoms with van der Waals surface area (Å²) in [4.78, 5) is 28.0. The average Bonchev–Trinajstić information content (AvgIpc) is 2.55. The molecule has 1 aromatic rings. The van der Waals surface area contributed by atoms with Crippen LogP contribution in [-0.4, -0.2) is 55.3 Å². The second-order valence-corrected chi connectivity index (χ2v) is 6.08. The van der Waals surface area contributed by atoms with Crippen molar-refractivity contribution in [2.24, 2.45) is 0 Å². The van der Waals surface area contributed by atoms with E-state index in [-0.39, 0.29) is 11.8 Å². The van der Waals surface area contributed by atoms with Gasteiger partial charge in [-0.25, -0.2) is 0 Å². The number of likely N-dealkylation sites (N-methyl/N-ethyl adjacent to an activating group) is 1. The summed E-state index contributed by atoms with van der Waals surface area (Å²) in [5.41, 5.74) is 1.37. The standard InChI is InChI=1S/C18H25N3O2/c1-20(2)12-6-7-17(22)19-16-10-8-15(9-11-16)18(23)21-13-4-3-5-14-21/h6-11H,3-5,12-14H2,1-2H3,(H,19,22)/b7-6+. The van der Waals surface area contributed by atoms with Crippen LogP contribution >= 0.6 is 0 Å². The van der Waals surface area contributed by atoms with Crippen LogP contribution in [0.4, 0.5) is 5.69 Å². The number of carbonyl (C=O) groups excluding carboxylic acids is 2. The topological polar surface area (TPSA) is 52.7 Å². The molecule has 0 radical (unpaired) electrons. The minimum atomic E-state index is -0.165. The SMILES string of the molecule is CN(C)C/C=C/C(=O)Nc1ccc(C(=O)N2CCCCC2)cc1. The van der Waals surface area contributed by atoms with Gasteiger partial charge in [-0.05, 0) is 57.6 Å². The van der Waals surface area contributed by atoms with Gasteiger partial charge in [0.25, 0.3) is 5.91 Å². The third-order valence-corrected chi connectivity index (χ3v) is 3.78. The third-order valence-electron chi connectivity index (χ3n) is 3.78. The minimum absolute atomic E-state index is 0.0773. The van der Waals surface area contributed by atoms with Crippen LogP contribution in [0, 0.1) is 0 Å². The molecule has 5 heteroatoms. The van der Waals surface area contributed by atoms with E-state index in [1.54, 1.807) is 24.3 Å². The van der Waals surface area contributed by atoms with E-state index in [4.69, 9.17) is 0 Å². The first-order chi connectivity index (χ1) is 11.1. The summed E-state index contributed by atoms with van der Waals surface area (Å²) >= 11 is 0. The maximum absolute atomic E-state index is 12.4. The average molecular weight is 315 g/mol. The number of amides is 2. The van der Waals surface area contributed by atoms with Crippen molar-refractivity contribution < 1.29 is 9.59 Å². The Morgan fingerprint density at radius 1 is 1.13 bits per heavy atom. The fraction of sp³-hybridized carbons (Fsp3) is 0.444. The molecule has 1 N–H and O–H groups in total. The summed E-state index contributed by atoms with van der Waals surface area (Å²) in [6, 6.07) is 7.09. The largest absolute Gasteiger partial charge is 0.339 e. The zero-order valence-corrected chi connectivity index (χ0v) is 13.9. The van der Waals surface area contributed by atoms with E-state index < -0.39 is 0 Å². The Morgan fingerprint density at radius 3 is 2.39 bits per heavy atom. The smallest absolute Gasteiger partial charge is 0.253 e. The first-order valence-electron chi connectivity index (χ1n) is 8.08. The first kappa shape index (κ1) is 17.2. The maximum atomic E-state index is 12.4. The third kappa shape index (κ3) is 5.53. The number of benzene rings is 1. The van der Waals surface area contributed by atoms with Crippen LogP contribution in [0.3, 0.4) is 0 Å². The van der Waals surface area contributed by atoms with Crippen molar-refractivity contribution in [3.05, 3.63) is 42.0 Å². The lowest BCUT2D eigenvalue weighted by Crippen LogP contribution is -2.35. The van der Waals surface area contributed by atoms with E-state index >= 15 is 0 Å². The lowest BCUT2D eigenvalue weighted by atomic mass is 10.1. The number of nitrogens with one attached hydrogen (secondary N) is 1. The van der Waals surface area contributed by atoms with Gasteiger partial charge in [-0.15, -0.1) is 0 Å². The Bertz CT molecular complexity index is 558. The van der Waals surface area contributed by atoms with E-state index in [0.29, 0.717) is 11.3 Å². The van der Waals surface area contributed by atoms with Crippen LogP contribution in [0.25, 0.3) is 0 Å². The zero-order valence-electron chi connectivity index (χ0n) is 13.9. The van der Waals surface area contributed by atoms with Crippen molar-refractivity contribution in [1.29, 1.82) is 0 Å². The molecule has 2 amide bonds. The van der Waals surface area contributed by atoms with Gasteiger partial charge in [0.05, 0.1) is 0 Å². The van der Waals surface area contributed by atoms with Crippen LogP contribution < -0.4 is 5.32 Å². The molecule has 0 atom stereocenters. The van der Waals surface area contributed by atoms with Crippen LogP contribution in [0.2, 0.25) is 0 Å². The van der Waals surface area contributed by atoms with Gasteiger partial charge in [0.2, 0.25) is 5.91 Å². The van der Waals surface area contributed by atoms with E-state index in [2.05, 4.69) is 5.32 Å². The molecule has 1 aliphatic rings. The van der Waals surface area contributed by atoms with Gasteiger partial charge in [0.15, 0.2) is 0 Å². The van der Waals surface area contributed by atoms with Crippen molar-refractivity contribution in [3.8, 4) is 0 Å². The van der Waals surface area contributed by atoms with Crippen molar-refractivity contribution in [1.82, 2.24) is 9.80 Å². The van der Waals surface area contributed by atoms with Crippen molar-refractivity contribution in [2.75, 3.05) is 39.0 Å². The van der Waals surface area contributed by atoms with Gasteiger partial charge in [0.1, 0.15) is 0 Å². The monoisotopic (exact) mass is 315 g/mol. The molecule has 0 aromatic heterocycles. The van der Waals surface area contributed by atoms with Gasteiger partial charge >= 0.3 is 0 Å². The molecule has 0 aliphatic carbocycles. The molecular formula is C18H25N3O2. The number of hydrogen-bond acceptors (Lipinski definition) is 3. The summed E-state index contributed by atoms with van der Waals surface area (Å²) in [5.74, 6) is -0.0876. The second kappa shape index (κ2) is 8.48. The van der Waals surface area contributed by atoms with Crippen LogP contribution in [-0.2, 0) is 4.79 Å².